The van der Waals surface area contributed by atoms with Crippen LogP contribution in [0, 0.1) is 14.1 Å². The molecule has 3 aromatic rings. The number of ether oxygens (including phenoxy) is 1. The van der Waals surface area contributed by atoms with Crippen LogP contribution in [0.1, 0.15) is 0 Å². The zero-order valence-corrected chi connectivity index (χ0v) is 16.1. The van der Waals surface area contributed by atoms with Crippen LogP contribution in [0.2, 0.25) is 0 Å². The van der Waals surface area contributed by atoms with Crippen molar-refractivity contribution in [1.29, 1.82) is 0 Å². The number of methoxy groups -OCH3 is 1. The molecular weight excluding hydrogens is 370 g/mol. The van der Waals surface area contributed by atoms with Crippen molar-refractivity contribution >= 4 is 34.2 Å². The molecule has 0 aliphatic rings. The predicted octanol–water partition coefficient (Wildman–Crippen LogP) is 4.92. The monoisotopic (exact) mass is 387 g/mol. The van der Waals surface area contributed by atoms with Crippen molar-refractivity contribution in [2.75, 3.05) is 26.1 Å². The number of anilines is 1. The Kier molecular flexibility index (Phi) is 5.06. The molecule has 134 valence electrons. The van der Waals surface area contributed by atoms with Crippen molar-refractivity contribution in [3.8, 4) is 22.7 Å². The van der Waals surface area contributed by atoms with Crippen molar-refractivity contribution in [2.45, 2.75) is 0 Å². The summed E-state index contributed by atoms with van der Waals surface area (Å²) in [6.45, 7) is 0. The first-order valence-electron chi connectivity index (χ1n) is 7.75. The first-order chi connectivity index (χ1) is 12.4. The zero-order chi connectivity index (χ0) is 18.8. The molecule has 3 rings (SSSR count). The van der Waals surface area contributed by atoms with Gasteiger partial charge in [-0.3, -0.25) is 14.7 Å². The molecule has 6 nitrogen and oxygen atoms in total. The van der Waals surface area contributed by atoms with Crippen LogP contribution < -0.4 is 9.64 Å². The first kappa shape index (κ1) is 18.1. The molecule has 0 radical (unpaired) electrons. The van der Waals surface area contributed by atoms with E-state index in [-0.39, 0.29) is 5.69 Å². The predicted molar refractivity (Wildman–Crippen MR) is 107 cm³/mol. The number of benzene rings is 2. The Hall–Kier alpha value is -2.71. The molecule has 0 bridgehead atoms. The van der Waals surface area contributed by atoms with Gasteiger partial charge < -0.3 is 9.64 Å². The molecule has 1 heterocycles. The number of aromatic nitrogens is 1. The molecular formula is C18H17N3O3S2. The van der Waals surface area contributed by atoms with Crippen molar-refractivity contribution in [3.63, 3.8) is 0 Å². The van der Waals surface area contributed by atoms with Gasteiger partial charge in [-0.25, -0.2) is 0 Å². The molecule has 26 heavy (non-hydrogen) atoms. The van der Waals surface area contributed by atoms with Crippen LogP contribution in [0.15, 0.2) is 48.5 Å². The zero-order valence-electron chi connectivity index (χ0n) is 14.5. The first-order valence-corrected chi connectivity index (χ1v) is 8.97. The molecule has 0 atom stereocenters. The van der Waals surface area contributed by atoms with Gasteiger partial charge in [-0.15, -0.1) is 0 Å². The second kappa shape index (κ2) is 7.27. The van der Waals surface area contributed by atoms with Gasteiger partial charge in [0, 0.05) is 37.5 Å². The Morgan fingerprint density at radius 2 is 1.73 bits per heavy atom. The van der Waals surface area contributed by atoms with E-state index in [9.17, 15) is 10.1 Å². The summed E-state index contributed by atoms with van der Waals surface area (Å²) in [4.78, 5) is 12.5. The summed E-state index contributed by atoms with van der Waals surface area (Å²) in [5.41, 5.74) is 2.74. The molecule has 0 unspecified atom stereocenters. The summed E-state index contributed by atoms with van der Waals surface area (Å²) in [7, 11) is 5.53. The normalized spacial score (nSPS) is 10.6. The number of nitro benzene ring substituents is 1. The number of hydrogen-bond donors (Lipinski definition) is 0. The molecule has 0 spiro atoms. The highest BCUT2D eigenvalue weighted by atomic mass is 32.1. The highest BCUT2D eigenvalue weighted by Crippen LogP contribution is 2.39. The Bertz CT molecular complexity index is 990. The smallest absolute Gasteiger partial charge is 0.269 e. The summed E-state index contributed by atoms with van der Waals surface area (Å²) in [5, 5.41) is 11.9. The van der Waals surface area contributed by atoms with Gasteiger partial charge in [-0.05, 0) is 48.6 Å². The molecule has 0 N–H and O–H groups in total. The van der Waals surface area contributed by atoms with Gasteiger partial charge in [0.15, 0.2) is 3.95 Å². The highest BCUT2D eigenvalue weighted by Gasteiger charge is 2.18. The third kappa shape index (κ3) is 3.33. The fourth-order valence-electron chi connectivity index (χ4n) is 2.63. The van der Waals surface area contributed by atoms with E-state index in [1.165, 1.54) is 23.5 Å². The average molecular weight is 387 g/mol. The van der Waals surface area contributed by atoms with Crippen LogP contribution in [0.4, 0.5) is 10.7 Å². The maximum Gasteiger partial charge on any atom is 0.269 e. The van der Waals surface area contributed by atoms with E-state index in [0.29, 0.717) is 3.95 Å². The molecule has 0 fully saturated rings. The molecule has 0 aliphatic carbocycles. The van der Waals surface area contributed by atoms with E-state index in [2.05, 4.69) is 0 Å². The Morgan fingerprint density at radius 3 is 2.23 bits per heavy atom. The fraction of sp³-hybridized carbons (Fsp3) is 0.167. The molecule has 0 aliphatic heterocycles. The van der Waals surface area contributed by atoms with Gasteiger partial charge in [-0.1, -0.05) is 11.3 Å². The summed E-state index contributed by atoms with van der Waals surface area (Å²) in [5.74, 6) is 0.764. The second-order valence-corrected chi connectivity index (χ2v) is 7.38. The molecule has 0 amide bonds. The molecule has 8 heteroatoms. The number of thiazole rings is 1. The van der Waals surface area contributed by atoms with Crippen LogP contribution in [-0.2, 0) is 0 Å². The topological polar surface area (TPSA) is 60.5 Å². The Morgan fingerprint density at radius 1 is 1.12 bits per heavy atom. The summed E-state index contributed by atoms with van der Waals surface area (Å²) in [6.07, 6.45) is 0. The van der Waals surface area contributed by atoms with E-state index in [1.54, 1.807) is 19.2 Å². The highest BCUT2D eigenvalue weighted by molar-refractivity contribution is 7.73. The molecule has 2 aromatic carbocycles. The third-order valence-corrected chi connectivity index (χ3v) is 5.42. The lowest BCUT2D eigenvalue weighted by atomic mass is 10.1. The van der Waals surface area contributed by atoms with Gasteiger partial charge in [-0.2, -0.15) is 0 Å². The molecule has 0 saturated heterocycles. The standard InChI is InChI=1S/C18H17N3O3S2/c1-19(2)17-16(12-4-6-14(7-5-12)21(22)23)20(18(25)26-17)13-8-10-15(24-3)11-9-13/h4-11H,1-3H3. The number of nitro groups is 1. The van der Waals surface area contributed by atoms with Crippen LogP contribution in [0.25, 0.3) is 16.9 Å². The third-order valence-electron chi connectivity index (χ3n) is 3.88. The minimum absolute atomic E-state index is 0.0602. The van der Waals surface area contributed by atoms with E-state index in [0.717, 1.165) is 27.7 Å². The number of non-ortho nitro benzene ring substituents is 1. The minimum atomic E-state index is -0.402. The van der Waals surface area contributed by atoms with Gasteiger partial charge in [0.05, 0.1) is 17.7 Å². The lowest BCUT2D eigenvalue weighted by Crippen LogP contribution is -2.09. The van der Waals surface area contributed by atoms with Crippen molar-refractivity contribution < 1.29 is 9.66 Å². The number of hydrogen-bond acceptors (Lipinski definition) is 6. The second-order valence-electron chi connectivity index (χ2n) is 5.75. The van der Waals surface area contributed by atoms with Gasteiger partial charge in [0.25, 0.3) is 5.69 Å². The summed E-state index contributed by atoms with van der Waals surface area (Å²) in [6, 6.07) is 14.2. The van der Waals surface area contributed by atoms with E-state index in [1.807, 2.05) is 47.8 Å². The quantitative estimate of drug-likeness (QED) is 0.353. The lowest BCUT2D eigenvalue weighted by molar-refractivity contribution is -0.384. The number of rotatable bonds is 5. The SMILES string of the molecule is COc1ccc(-n2c(-c3ccc([N+](=O)[O-])cc3)c(N(C)C)sc2=S)cc1. The van der Waals surface area contributed by atoms with Crippen molar-refractivity contribution in [3.05, 3.63) is 62.6 Å². The van der Waals surface area contributed by atoms with E-state index < -0.39 is 4.92 Å². The van der Waals surface area contributed by atoms with Gasteiger partial charge >= 0.3 is 0 Å². The Balaban J connectivity index is 2.21. The van der Waals surface area contributed by atoms with Crippen LogP contribution in [-0.4, -0.2) is 30.7 Å². The molecule has 1 aromatic heterocycles. The van der Waals surface area contributed by atoms with Crippen molar-refractivity contribution in [2.24, 2.45) is 0 Å². The maximum absolute atomic E-state index is 10.9. The average Bonchev–Trinajstić information content (AvgIpc) is 2.99. The Labute approximate surface area is 160 Å². The van der Waals surface area contributed by atoms with E-state index in [4.69, 9.17) is 17.0 Å². The number of nitrogens with zero attached hydrogens (tertiary/aromatic N) is 3. The van der Waals surface area contributed by atoms with Crippen LogP contribution in [0.5, 0.6) is 5.75 Å². The van der Waals surface area contributed by atoms with E-state index >= 15 is 0 Å². The van der Waals surface area contributed by atoms with Gasteiger partial charge in [0.1, 0.15) is 10.8 Å². The summed E-state index contributed by atoms with van der Waals surface area (Å²) >= 11 is 7.10. The minimum Gasteiger partial charge on any atom is -0.497 e. The lowest BCUT2D eigenvalue weighted by Gasteiger charge is -2.15. The van der Waals surface area contributed by atoms with Crippen LogP contribution >= 0.6 is 23.6 Å². The van der Waals surface area contributed by atoms with Crippen molar-refractivity contribution in [1.82, 2.24) is 4.57 Å². The van der Waals surface area contributed by atoms with Crippen LogP contribution in [0.3, 0.4) is 0 Å². The molecule has 0 saturated carbocycles. The summed E-state index contributed by atoms with van der Waals surface area (Å²) < 4.78 is 7.91. The maximum atomic E-state index is 10.9. The fourth-order valence-corrected chi connectivity index (χ4v) is 4.00. The largest absolute Gasteiger partial charge is 0.497 e. The van der Waals surface area contributed by atoms with Gasteiger partial charge in [0.2, 0.25) is 0 Å².